The second-order valence-electron chi connectivity index (χ2n) is 4.26. The van der Waals surface area contributed by atoms with Crippen LogP contribution in [-0.2, 0) is 6.42 Å². The summed E-state index contributed by atoms with van der Waals surface area (Å²) in [5, 5.41) is 7.00. The van der Waals surface area contributed by atoms with Crippen LogP contribution in [0.3, 0.4) is 0 Å². The molecule has 0 radical (unpaired) electrons. The van der Waals surface area contributed by atoms with Gasteiger partial charge in [-0.3, -0.25) is 0 Å². The van der Waals surface area contributed by atoms with Crippen LogP contribution in [-0.4, -0.2) is 36.9 Å². The van der Waals surface area contributed by atoms with Gasteiger partial charge in [0, 0.05) is 19.5 Å². The van der Waals surface area contributed by atoms with Crippen LogP contribution in [0.1, 0.15) is 11.7 Å². The number of nitrogens with one attached hydrogen (secondary N) is 1. The van der Waals surface area contributed by atoms with Crippen LogP contribution in [0, 0.1) is 6.92 Å². The Morgan fingerprint density at radius 1 is 1.15 bits per heavy atom. The quantitative estimate of drug-likeness (QED) is 0.739. The Labute approximate surface area is 118 Å². The summed E-state index contributed by atoms with van der Waals surface area (Å²) in [5.41, 5.74) is 0. The van der Waals surface area contributed by atoms with Crippen molar-refractivity contribution in [3.8, 4) is 11.5 Å². The number of hydrogen-bond acceptors (Lipinski definition) is 6. The molecule has 2 rings (SSSR count). The number of rotatable bonds is 8. The third kappa shape index (κ3) is 4.55. The molecule has 0 fully saturated rings. The maximum Gasteiger partial charge on any atom is 0.227 e. The second-order valence-corrected chi connectivity index (χ2v) is 4.26. The predicted octanol–water partition coefficient (Wildman–Crippen LogP) is 1.60. The summed E-state index contributed by atoms with van der Waals surface area (Å²) in [6, 6.07) is 7.53. The molecule has 0 aliphatic rings. The monoisotopic (exact) mass is 277 g/mol. The number of aryl methyl sites for hydroxylation is 1. The predicted molar refractivity (Wildman–Crippen MR) is 74.1 cm³/mol. The van der Waals surface area contributed by atoms with Gasteiger partial charge in [-0.15, -0.1) is 0 Å². The molecule has 0 saturated heterocycles. The number of nitrogens with zero attached hydrogens (tertiary/aromatic N) is 2. The molecule has 20 heavy (non-hydrogen) atoms. The highest BCUT2D eigenvalue weighted by Crippen LogP contribution is 2.16. The number of hydrogen-bond donors (Lipinski definition) is 1. The minimum Gasteiger partial charge on any atom is -0.497 e. The molecule has 6 nitrogen and oxygen atoms in total. The fourth-order valence-corrected chi connectivity index (χ4v) is 1.67. The van der Waals surface area contributed by atoms with Gasteiger partial charge in [-0.25, -0.2) is 0 Å². The fraction of sp³-hybridized carbons (Fsp3) is 0.429. The molecular weight excluding hydrogens is 258 g/mol. The van der Waals surface area contributed by atoms with Gasteiger partial charge in [0.25, 0.3) is 0 Å². The van der Waals surface area contributed by atoms with Gasteiger partial charge >= 0.3 is 0 Å². The first-order valence-electron chi connectivity index (χ1n) is 6.54. The van der Waals surface area contributed by atoms with E-state index in [-0.39, 0.29) is 0 Å². The topological polar surface area (TPSA) is 69.4 Å². The first-order chi connectivity index (χ1) is 9.78. The Bertz CT molecular complexity index is 511. The lowest BCUT2D eigenvalue weighted by atomic mass is 10.3. The van der Waals surface area contributed by atoms with Crippen LogP contribution in [0.25, 0.3) is 0 Å². The second kappa shape index (κ2) is 7.49. The highest BCUT2D eigenvalue weighted by molar-refractivity contribution is 5.31. The molecule has 2 aromatic rings. The summed E-state index contributed by atoms with van der Waals surface area (Å²) in [5.74, 6) is 2.99. The SMILES string of the molecule is COc1ccc(OCCNCCc2nc(C)no2)cc1. The van der Waals surface area contributed by atoms with E-state index >= 15 is 0 Å². The summed E-state index contributed by atoms with van der Waals surface area (Å²) in [6.45, 7) is 3.96. The lowest BCUT2D eigenvalue weighted by Gasteiger charge is -2.07. The molecule has 108 valence electrons. The number of methoxy groups -OCH3 is 1. The van der Waals surface area contributed by atoms with Crippen molar-refractivity contribution in [3.63, 3.8) is 0 Å². The molecule has 0 atom stereocenters. The lowest BCUT2D eigenvalue weighted by molar-refractivity contribution is 0.311. The zero-order valence-electron chi connectivity index (χ0n) is 11.8. The van der Waals surface area contributed by atoms with Gasteiger partial charge < -0.3 is 19.3 Å². The van der Waals surface area contributed by atoms with Gasteiger partial charge in [-0.05, 0) is 31.2 Å². The van der Waals surface area contributed by atoms with E-state index in [1.54, 1.807) is 7.11 Å². The first-order valence-corrected chi connectivity index (χ1v) is 6.54. The molecule has 1 N–H and O–H groups in total. The molecule has 0 aliphatic carbocycles. The summed E-state index contributed by atoms with van der Waals surface area (Å²) in [6.07, 6.45) is 0.726. The van der Waals surface area contributed by atoms with Crippen molar-refractivity contribution >= 4 is 0 Å². The smallest absolute Gasteiger partial charge is 0.227 e. The van der Waals surface area contributed by atoms with Crippen LogP contribution in [0.5, 0.6) is 11.5 Å². The fourth-order valence-electron chi connectivity index (χ4n) is 1.67. The zero-order valence-corrected chi connectivity index (χ0v) is 11.8. The summed E-state index contributed by atoms with van der Waals surface area (Å²) >= 11 is 0. The molecule has 1 aromatic heterocycles. The first kappa shape index (κ1) is 14.3. The van der Waals surface area contributed by atoms with Crippen molar-refractivity contribution < 1.29 is 14.0 Å². The number of aromatic nitrogens is 2. The molecular formula is C14H19N3O3. The van der Waals surface area contributed by atoms with Gasteiger partial charge in [-0.2, -0.15) is 4.98 Å². The molecule has 1 heterocycles. The summed E-state index contributed by atoms with van der Waals surface area (Å²) in [4.78, 5) is 4.13. The van der Waals surface area contributed by atoms with E-state index in [0.29, 0.717) is 18.3 Å². The van der Waals surface area contributed by atoms with Crippen LogP contribution in [0.2, 0.25) is 0 Å². The van der Waals surface area contributed by atoms with Gasteiger partial charge in [0.05, 0.1) is 7.11 Å². The molecule has 6 heteroatoms. The Morgan fingerprint density at radius 3 is 2.55 bits per heavy atom. The van der Waals surface area contributed by atoms with Gasteiger partial charge in [0.15, 0.2) is 5.82 Å². The van der Waals surface area contributed by atoms with Gasteiger partial charge in [0.2, 0.25) is 5.89 Å². The Hall–Kier alpha value is -2.08. The Kier molecular flexibility index (Phi) is 5.37. The number of benzene rings is 1. The molecule has 0 spiro atoms. The van der Waals surface area contributed by atoms with Crippen molar-refractivity contribution in [3.05, 3.63) is 36.0 Å². The maximum atomic E-state index is 5.59. The summed E-state index contributed by atoms with van der Waals surface area (Å²) < 4.78 is 15.7. The van der Waals surface area contributed by atoms with E-state index in [2.05, 4.69) is 15.5 Å². The van der Waals surface area contributed by atoms with Gasteiger partial charge in [-0.1, -0.05) is 5.16 Å². The zero-order chi connectivity index (χ0) is 14.2. The van der Waals surface area contributed by atoms with Gasteiger partial charge in [0.1, 0.15) is 18.1 Å². The molecule has 0 bridgehead atoms. The van der Waals surface area contributed by atoms with Crippen molar-refractivity contribution in [2.24, 2.45) is 0 Å². The minimum atomic E-state index is 0.606. The van der Waals surface area contributed by atoms with Crippen molar-refractivity contribution in [2.45, 2.75) is 13.3 Å². The number of ether oxygens (including phenoxy) is 2. The van der Waals surface area contributed by atoms with E-state index in [9.17, 15) is 0 Å². The summed E-state index contributed by atoms with van der Waals surface area (Å²) in [7, 11) is 1.64. The third-order valence-electron chi connectivity index (χ3n) is 2.69. The largest absolute Gasteiger partial charge is 0.497 e. The van der Waals surface area contributed by atoms with Crippen LogP contribution in [0.4, 0.5) is 0 Å². The molecule has 1 aromatic carbocycles. The molecule has 0 amide bonds. The van der Waals surface area contributed by atoms with E-state index in [1.165, 1.54) is 0 Å². The minimum absolute atomic E-state index is 0.606. The molecule has 0 aliphatic heterocycles. The Morgan fingerprint density at radius 2 is 1.90 bits per heavy atom. The standard InChI is InChI=1S/C14H19N3O3/c1-11-16-14(20-17-11)7-8-15-9-10-19-13-5-3-12(18-2)4-6-13/h3-6,15H,7-10H2,1-2H3. The lowest BCUT2D eigenvalue weighted by Crippen LogP contribution is -2.23. The van der Waals surface area contributed by atoms with Crippen molar-refractivity contribution in [2.75, 3.05) is 26.8 Å². The van der Waals surface area contributed by atoms with E-state index in [0.717, 1.165) is 31.0 Å². The van der Waals surface area contributed by atoms with E-state index < -0.39 is 0 Å². The van der Waals surface area contributed by atoms with Crippen LogP contribution < -0.4 is 14.8 Å². The highest BCUT2D eigenvalue weighted by atomic mass is 16.5. The average Bonchev–Trinajstić information content (AvgIpc) is 2.89. The highest BCUT2D eigenvalue weighted by Gasteiger charge is 2.01. The van der Waals surface area contributed by atoms with Crippen LogP contribution >= 0.6 is 0 Å². The third-order valence-corrected chi connectivity index (χ3v) is 2.69. The normalized spacial score (nSPS) is 10.5. The van der Waals surface area contributed by atoms with E-state index in [4.69, 9.17) is 14.0 Å². The van der Waals surface area contributed by atoms with Crippen molar-refractivity contribution in [1.82, 2.24) is 15.5 Å². The van der Waals surface area contributed by atoms with E-state index in [1.807, 2.05) is 31.2 Å². The Balaban J connectivity index is 1.57. The average molecular weight is 277 g/mol. The molecule has 0 unspecified atom stereocenters. The maximum absolute atomic E-state index is 5.59. The van der Waals surface area contributed by atoms with Crippen molar-refractivity contribution in [1.29, 1.82) is 0 Å². The molecule has 0 saturated carbocycles. The van der Waals surface area contributed by atoms with Crippen LogP contribution in [0.15, 0.2) is 28.8 Å².